The Hall–Kier alpha value is -2.76. The van der Waals surface area contributed by atoms with Gasteiger partial charge >= 0.3 is 0 Å². The van der Waals surface area contributed by atoms with E-state index in [0.29, 0.717) is 18.1 Å². The van der Waals surface area contributed by atoms with Crippen LogP contribution in [0.1, 0.15) is 11.3 Å². The first-order valence-corrected chi connectivity index (χ1v) is 7.25. The Labute approximate surface area is 135 Å². The molecule has 0 saturated heterocycles. The number of nitrogens with zero attached hydrogens (tertiary/aromatic N) is 1. The van der Waals surface area contributed by atoms with E-state index in [0.717, 1.165) is 5.56 Å². The van der Waals surface area contributed by atoms with Crippen LogP contribution in [0.3, 0.4) is 0 Å². The van der Waals surface area contributed by atoms with Crippen LogP contribution in [0.5, 0.6) is 5.75 Å². The van der Waals surface area contributed by atoms with Crippen LogP contribution in [0.15, 0.2) is 47.1 Å². The fraction of sp³-hybridized carbons (Fsp3) is 0.294. The lowest BCUT2D eigenvalue weighted by molar-refractivity contribution is -0.134. The second kappa shape index (κ2) is 8.03. The summed E-state index contributed by atoms with van der Waals surface area (Å²) in [6, 6.07) is 10.9. The number of carbonyl (C=O) groups excluding carboxylic acids is 2. The minimum atomic E-state index is -0.239. The van der Waals surface area contributed by atoms with Crippen LogP contribution < -0.4 is 10.1 Å². The third-order valence-electron chi connectivity index (χ3n) is 3.38. The molecule has 6 heteroatoms. The number of benzene rings is 1. The maximum Gasteiger partial charge on any atom is 0.239 e. The van der Waals surface area contributed by atoms with Crippen molar-refractivity contribution in [3.63, 3.8) is 0 Å². The van der Waals surface area contributed by atoms with Crippen LogP contribution in [0.2, 0.25) is 0 Å². The SMILES string of the molecule is COc1ccccc1CC(=O)N(C)CC(=O)NCc1ccco1. The van der Waals surface area contributed by atoms with Gasteiger partial charge in [-0.1, -0.05) is 18.2 Å². The van der Waals surface area contributed by atoms with Gasteiger partial charge in [0.1, 0.15) is 11.5 Å². The topological polar surface area (TPSA) is 71.8 Å². The highest BCUT2D eigenvalue weighted by Crippen LogP contribution is 2.18. The minimum absolute atomic E-state index is 0.00527. The van der Waals surface area contributed by atoms with Crippen molar-refractivity contribution in [1.29, 1.82) is 0 Å². The monoisotopic (exact) mass is 316 g/mol. The summed E-state index contributed by atoms with van der Waals surface area (Å²) in [6.45, 7) is 0.301. The van der Waals surface area contributed by atoms with Crippen molar-refractivity contribution in [3.8, 4) is 5.75 Å². The number of nitrogens with one attached hydrogen (secondary N) is 1. The molecule has 1 N–H and O–H groups in total. The van der Waals surface area contributed by atoms with Gasteiger partial charge in [0.2, 0.25) is 11.8 Å². The molecule has 0 aliphatic heterocycles. The van der Waals surface area contributed by atoms with Crippen molar-refractivity contribution >= 4 is 11.8 Å². The minimum Gasteiger partial charge on any atom is -0.496 e. The molecule has 6 nitrogen and oxygen atoms in total. The Kier molecular flexibility index (Phi) is 5.80. The summed E-state index contributed by atoms with van der Waals surface area (Å²) in [4.78, 5) is 25.5. The molecule has 1 aromatic carbocycles. The highest BCUT2D eigenvalue weighted by Gasteiger charge is 2.15. The molecule has 0 aliphatic carbocycles. The maximum atomic E-state index is 12.2. The average molecular weight is 316 g/mol. The van der Waals surface area contributed by atoms with Crippen LogP contribution in [0.4, 0.5) is 0 Å². The second-order valence-corrected chi connectivity index (χ2v) is 5.09. The zero-order chi connectivity index (χ0) is 16.7. The van der Waals surface area contributed by atoms with Gasteiger partial charge in [0.15, 0.2) is 0 Å². The molecule has 2 rings (SSSR count). The van der Waals surface area contributed by atoms with Crippen LogP contribution in [0.25, 0.3) is 0 Å². The average Bonchev–Trinajstić information content (AvgIpc) is 3.06. The molecule has 1 aromatic heterocycles. The zero-order valence-corrected chi connectivity index (χ0v) is 13.2. The van der Waals surface area contributed by atoms with E-state index in [9.17, 15) is 9.59 Å². The Morgan fingerprint density at radius 1 is 1.22 bits per heavy atom. The van der Waals surface area contributed by atoms with Crippen LogP contribution in [-0.4, -0.2) is 37.4 Å². The van der Waals surface area contributed by atoms with E-state index in [1.165, 1.54) is 4.90 Å². The molecule has 122 valence electrons. The standard InChI is InChI=1S/C17H20N2O4/c1-19(12-16(20)18-11-14-7-5-9-23-14)17(21)10-13-6-3-4-8-15(13)22-2/h3-9H,10-12H2,1-2H3,(H,18,20). The third-order valence-corrected chi connectivity index (χ3v) is 3.38. The van der Waals surface area contributed by atoms with E-state index in [2.05, 4.69) is 5.32 Å². The van der Waals surface area contributed by atoms with E-state index in [1.807, 2.05) is 18.2 Å². The van der Waals surface area contributed by atoms with Gasteiger partial charge in [-0.05, 0) is 18.2 Å². The van der Waals surface area contributed by atoms with Gasteiger partial charge in [-0.2, -0.15) is 0 Å². The molecule has 0 fully saturated rings. The number of para-hydroxylation sites is 1. The van der Waals surface area contributed by atoms with Gasteiger partial charge < -0.3 is 19.4 Å². The number of ether oxygens (including phenoxy) is 1. The predicted octanol–water partition coefficient (Wildman–Crippen LogP) is 1.61. The molecule has 2 amide bonds. The molecule has 0 unspecified atom stereocenters. The number of rotatable bonds is 7. The van der Waals surface area contributed by atoms with Gasteiger partial charge in [-0.25, -0.2) is 0 Å². The van der Waals surface area contributed by atoms with E-state index in [1.54, 1.807) is 38.6 Å². The second-order valence-electron chi connectivity index (χ2n) is 5.09. The summed E-state index contributed by atoms with van der Waals surface area (Å²) < 4.78 is 10.4. The molecule has 23 heavy (non-hydrogen) atoms. The highest BCUT2D eigenvalue weighted by molar-refractivity contribution is 5.85. The molecular weight excluding hydrogens is 296 g/mol. The summed E-state index contributed by atoms with van der Waals surface area (Å²) >= 11 is 0. The molecule has 0 atom stereocenters. The van der Waals surface area contributed by atoms with Gasteiger partial charge in [0, 0.05) is 12.6 Å². The van der Waals surface area contributed by atoms with E-state index in [4.69, 9.17) is 9.15 Å². The van der Waals surface area contributed by atoms with Crippen molar-refractivity contribution in [2.24, 2.45) is 0 Å². The largest absolute Gasteiger partial charge is 0.496 e. The maximum absolute atomic E-state index is 12.2. The number of hydrogen-bond donors (Lipinski definition) is 1. The van der Waals surface area contributed by atoms with E-state index < -0.39 is 0 Å². The van der Waals surface area contributed by atoms with E-state index in [-0.39, 0.29) is 24.8 Å². The predicted molar refractivity (Wildman–Crippen MR) is 84.9 cm³/mol. The number of carbonyl (C=O) groups is 2. The Morgan fingerprint density at radius 2 is 2.00 bits per heavy atom. The van der Waals surface area contributed by atoms with Crippen LogP contribution in [-0.2, 0) is 22.6 Å². The van der Waals surface area contributed by atoms with Crippen molar-refractivity contribution in [2.45, 2.75) is 13.0 Å². The zero-order valence-electron chi connectivity index (χ0n) is 13.2. The summed E-state index contributed by atoms with van der Waals surface area (Å²) in [5.74, 6) is 0.942. The number of methoxy groups -OCH3 is 1. The van der Waals surface area contributed by atoms with Gasteiger partial charge in [0.05, 0.1) is 32.9 Å². The van der Waals surface area contributed by atoms with Gasteiger partial charge in [0.25, 0.3) is 0 Å². The third kappa shape index (κ3) is 4.88. The van der Waals surface area contributed by atoms with Crippen molar-refractivity contribution < 1.29 is 18.7 Å². The van der Waals surface area contributed by atoms with E-state index >= 15 is 0 Å². The van der Waals surface area contributed by atoms with Crippen molar-refractivity contribution in [1.82, 2.24) is 10.2 Å². The van der Waals surface area contributed by atoms with Crippen LogP contribution >= 0.6 is 0 Å². The summed E-state index contributed by atoms with van der Waals surface area (Å²) in [5.41, 5.74) is 0.794. The van der Waals surface area contributed by atoms with Crippen molar-refractivity contribution in [2.75, 3.05) is 20.7 Å². The molecule has 0 spiro atoms. The molecule has 1 heterocycles. The Bertz CT molecular complexity index is 652. The molecular formula is C17H20N2O4. The Morgan fingerprint density at radius 3 is 2.70 bits per heavy atom. The molecule has 0 radical (unpaired) electrons. The molecule has 2 aromatic rings. The number of hydrogen-bond acceptors (Lipinski definition) is 4. The first-order chi connectivity index (χ1) is 11.1. The lowest BCUT2D eigenvalue weighted by Gasteiger charge is -2.17. The van der Waals surface area contributed by atoms with Gasteiger partial charge in [-0.15, -0.1) is 0 Å². The quantitative estimate of drug-likeness (QED) is 0.842. The number of furan rings is 1. The molecule has 0 bridgehead atoms. The number of amides is 2. The summed E-state index contributed by atoms with van der Waals surface area (Å²) in [7, 11) is 3.17. The summed E-state index contributed by atoms with van der Waals surface area (Å²) in [5, 5.41) is 2.71. The van der Waals surface area contributed by atoms with Gasteiger partial charge in [-0.3, -0.25) is 9.59 Å². The highest BCUT2D eigenvalue weighted by atomic mass is 16.5. The normalized spacial score (nSPS) is 10.2. The fourth-order valence-electron chi connectivity index (χ4n) is 2.11. The molecule has 0 saturated carbocycles. The first kappa shape index (κ1) is 16.6. The first-order valence-electron chi connectivity index (χ1n) is 7.25. The lowest BCUT2D eigenvalue weighted by Crippen LogP contribution is -2.38. The fourth-order valence-corrected chi connectivity index (χ4v) is 2.11. The lowest BCUT2D eigenvalue weighted by atomic mass is 10.1. The van der Waals surface area contributed by atoms with Crippen LogP contribution in [0, 0.1) is 0 Å². The number of likely N-dealkylation sites (N-methyl/N-ethyl adjacent to an activating group) is 1. The molecule has 0 aliphatic rings. The smallest absolute Gasteiger partial charge is 0.239 e. The van der Waals surface area contributed by atoms with Crippen molar-refractivity contribution in [3.05, 3.63) is 54.0 Å². The summed E-state index contributed by atoms with van der Waals surface area (Å²) in [6.07, 6.45) is 1.73. The Balaban J connectivity index is 1.83.